The molecule has 2 aromatic heterocycles. The molecule has 0 fully saturated rings. The fourth-order valence-corrected chi connectivity index (χ4v) is 2.74. The van der Waals surface area contributed by atoms with Crippen LogP contribution in [-0.2, 0) is 6.54 Å². The quantitative estimate of drug-likeness (QED) is 0.679. The molecule has 2 heterocycles. The van der Waals surface area contributed by atoms with Crippen molar-refractivity contribution in [2.45, 2.75) is 32.9 Å². The summed E-state index contributed by atoms with van der Waals surface area (Å²) in [5, 5.41) is 14.2. The Balaban J connectivity index is 1.77. The van der Waals surface area contributed by atoms with E-state index in [0.29, 0.717) is 24.4 Å². The molecule has 1 aromatic carbocycles. The van der Waals surface area contributed by atoms with Crippen LogP contribution in [0.25, 0.3) is 11.3 Å². The molecular formula is C18H22N6O2. The van der Waals surface area contributed by atoms with Crippen LogP contribution in [0.2, 0.25) is 0 Å². The first kappa shape index (κ1) is 17.7. The number of carbonyl (C=O) groups excluding carboxylic acids is 1. The zero-order valence-electron chi connectivity index (χ0n) is 15.1. The van der Waals surface area contributed by atoms with Gasteiger partial charge in [0.05, 0.1) is 18.8 Å². The number of ether oxygens (including phenoxy) is 1. The molecule has 0 unspecified atom stereocenters. The summed E-state index contributed by atoms with van der Waals surface area (Å²) in [7, 11) is 1.61. The first-order valence-corrected chi connectivity index (χ1v) is 8.54. The molecule has 0 aliphatic rings. The number of benzene rings is 1. The van der Waals surface area contributed by atoms with Crippen LogP contribution in [0.3, 0.4) is 0 Å². The second kappa shape index (κ2) is 7.81. The molecule has 8 nitrogen and oxygen atoms in total. The molecule has 2 N–H and O–H groups in total. The van der Waals surface area contributed by atoms with Gasteiger partial charge in [-0.1, -0.05) is 19.1 Å². The first-order valence-electron chi connectivity index (χ1n) is 8.54. The summed E-state index contributed by atoms with van der Waals surface area (Å²) < 4.78 is 7.01. The Morgan fingerprint density at radius 1 is 1.35 bits per heavy atom. The van der Waals surface area contributed by atoms with E-state index in [4.69, 9.17) is 4.74 Å². The van der Waals surface area contributed by atoms with Crippen molar-refractivity contribution >= 4 is 5.91 Å². The Kier molecular flexibility index (Phi) is 5.31. The number of hydrogen-bond donors (Lipinski definition) is 2. The van der Waals surface area contributed by atoms with Crippen molar-refractivity contribution < 1.29 is 9.53 Å². The Labute approximate surface area is 151 Å². The van der Waals surface area contributed by atoms with Crippen molar-refractivity contribution in [3.05, 3.63) is 48.2 Å². The molecule has 3 aromatic rings. The Bertz CT molecular complexity index is 885. The van der Waals surface area contributed by atoms with Gasteiger partial charge in [0.1, 0.15) is 23.6 Å². The third kappa shape index (κ3) is 3.58. The summed E-state index contributed by atoms with van der Waals surface area (Å²) in [4.78, 5) is 16.9. The van der Waals surface area contributed by atoms with Gasteiger partial charge in [0.2, 0.25) is 0 Å². The fraction of sp³-hybridized carbons (Fsp3) is 0.333. The lowest BCUT2D eigenvalue weighted by Gasteiger charge is -2.16. The van der Waals surface area contributed by atoms with Gasteiger partial charge in [-0.15, -0.1) is 0 Å². The number of rotatable bonds is 7. The number of nitrogens with zero attached hydrogens (tertiary/aromatic N) is 4. The second-order valence-electron chi connectivity index (χ2n) is 5.77. The van der Waals surface area contributed by atoms with Crippen molar-refractivity contribution in [2.24, 2.45) is 0 Å². The molecular weight excluding hydrogens is 332 g/mol. The van der Waals surface area contributed by atoms with Crippen molar-refractivity contribution in [1.29, 1.82) is 0 Å². The molecule has 0 aliphatic heterocycles. The highest BCUT2D eigenvalue weighted by molar-refractivity contribution is 5.93. The van der Waals surface area contributed by atoms with Crippen LogP contribution in [0, 0.1) is 0 Å². The Morgan fingerprint density at radius 2 is 2.19 bits per heavy atom. The molecule has 0 saturated heterocycles. The number of nitrogens with one attached hydrogen (secondary N) is 2. The maximum absolute atomic E-state index is 12.6. The summed E-state index contributed by atoms with van der Waals surface area (Å²) in [6, 6.07) is 9.04. The number of amides is 1. The molecule has 8 heteroatoms. The summed E-state index contributed by atoms with van der Waals surface area (Å²) in [6.45, 7) is 4.68. The molecule has 26 heavy (non-hydrogen) atoms. The molecule has 136 valence electrons. The predicted molar refractivity (Wildman–Crippen MR) is 96.8 cm³/mol. The Hall–Kier alpha value is -3.16. The SMILES string of the molecule is CC[C@H](NC(=O)c1cc(-c2cccc(OC)c2)n[nH]1)c1ncnn1CC. The first-order chi connectivity index (χ1) is 12.7. The van der Waals surface area contributed by atoms with Gasteiger partial charge in [-0.3, -0.25) is 9.89 Å². The second-order valence-corrected chi connectivity index (χ2v) is 5.77. The van der Waals surface area contributed by atoms with E-state index in [9.17, 15) is 4.79 Å². The normalized spacial score (nSPS) is 12.0. The molecule has 0 radical (unpaired) electrons. The highest BCUT2D eigenvalue weighted by Gasteiger charge is 2.20. The summed E-state index contributed by atoms with van der Waals surface area (Å²) in [5.74, 6) is 1.25. The standard InChI is InChI=1S/C18H22N6O2/c1-4-14(17-19-11-20-24(17)5-2)21-18(25)16-10-15(22-23-16)12-7-6-8-13(9-12)26-3/h6-11,14H,4-5H2,1-3H3,(H,21,25)(H,22,23)/t14-/m0/s1. The summed E-state index contributed by atoms with van der Waals surface area (Å²) in [6.07, 6.45) is 2.21. The fourth-order valence-electron chi connectivity index (χ4n) is 2.74. The highest BCUT2D eigenvalue weighted by Crippen LogP contribution is 2.23. The predicted octanol–water partition coefficient (Wildman–Crippen LogP) is 2.58. The lowest BCUT2D eigenvalue weighted by atomic mass is 10.1. The van der Waals surface area contributed by atoms with Crippen LogP contribution in [0.5, 0.6) is 5.75 Å². The van der Waals surface area contributed by atoms with E-state index in [1.165, 1.54) is 6.33 Å². The molecule has 0 aliphatic carbocycles. The number of carbonyl (C=O) groups is 1. The average Bonchev–Trinajstić information content (AvgIpc) is 3.35. The molecule has 0 bridgehead atoms. The van der Waals surface area contributed by atoms with E-state index in [2.05, 4.69) is 25.6 Å². The largest absolute Gasteiger partial charge is 0.497 e. The summed E-state index contributed by atoms with van der Waals surface area (Å²) >= 11 is 0. The van der Waals surface area contributed by atoms with Gasteiger partial charge in [-0.25, -0.2) is 9.67 Å². The van der Waals surface area contributed by atoms with Crippen LogP contribution < -0.4 is 10.1 Å². The minimum atomic E-state index is -0.232. The molecule has 1 amide bonds. The number of aryl methyl sites for hydroxylation is 1. The maximum atomic E-state index is 12.6. The van der Waals surface area contributed by atoms with E-state index in [-0.39, 0.29) is 11.9 Å². The lowest BCUT2D eigenvalue weighted by Crippen LogP contribution is -2.30. The van der Waals surface area contributed by atoms with Crippen molar-refractivity contribution in [3.8, 4) is 17.0 Å². The van der Waals surface area contributed by atoms with Crippen molar-refractivity contribution in [3.63, 3.8) is 0 Å². The highest BCUT2D eigenvalue weighted by atomic mass is 16.5. The van der Waals surface area contributed by atoms with Gasteiger partial charge in [-0.05, 0) is 31.5 Å². The third-order valence-corrected chi connectivity index (χ3v) is 4.16. The van der Waals surface area contributed by atoms with Gasteiger partial charge in [0, 0.05) is 12.1 Å². The minimum absolute atomic E-state index is 0.214. The lowest BCUT2D eigenvalue weighted by molar-refractivity contribution is 0.0927. The van der Waals surface area contributed by atoms with Crippen molar-refractivity contribution in [1.82, 2.24) is 30.3 Å². The van der Waals surface area contributed by atoms with E-state index in [1.807, 2.05) is 38.1 Å². The van der Waals surface area contributed by atoms with Crippen LogP contribution >= 0.6 is 0 Å². The smallest absolute Gasteiger partial charge is 0.269 e. The van der Waals surface area contributed by atoms with E-state index >= 15 is 0 Å². The Morgan fingerprint density at radius 3 is 2.92 bits per heavy atom. The number of H-pyrrole nitrogens is 1. The zero-order chi connectivity index (χ0) is 18.5. The van der Waals surface area contributed by atoms with E-state index in [0.717, 1.165) is 17.1 Å². The topological polar surface area (TPSA) is 97.7 Å². The maximum Gasteiger partial charge on any atom is 0.269 e. The molecule has 0 saturated carbocycles. The van der Waals surface area contributed by atoms with E-state index in [1.54, 1.807) is 17.9 Å². The van der Waals surface area contributed by atoms with Gasteiger partial charge >= 0.3 is 0 Å². The molecule has 3 rings (SSSR count). The van der Waals surface area contributed by atoms with Crippen LogP contribution in [0.15, 0.2) is 36.7 Å². The van der Waals surface area contributed by atoms with Gasteiger partial charge < -0.3 is 10.1 Å². The van der Waals surface area contributed by atoms with Gasteiger partial charge in [0.25, 0.3) is 5.91 Å². The van der Waals surface area contributed by atoms with Crippen LogP contribution in [0.4, 0.5) is 0 Å². The molecule has 1 atom stereocenters. The van der Waals surface area contributed by atoms with Crippen molar-refractivity contribution in [2.75, 3.05) is 7.11 Å². The monoisotopic (exact) mass is 354 g/mol. The van der Waals surface area contributed by atoms with Gasteiger partial charge in [-0.2, -0.15) is 10.2 Å². The van der Waals surface area contributed by atoms with Gasteiger partial charge in [0.15, 0.2) is 0 Å². The zero-order valence-corrected chi connectivity index (χ0v) is 15.1. The number of aromatic amines is 1. The van der Waals surface area contributed by atoms with Crippen LogP contribution in [-0.4, -0.2) is 38.0 Å². The van der Waals surface area contributed by atoms with Crippen LogP contribution in [0.1, 0.15) is 42.6 Å². The minimum Gasteiger partial charge on any atom is -0.497 e. The summed E-state index contributed by atoms with van der Waals surface area (Å²) in [5.41, 5.74) is 1.94. The third-order valence-electron chi connectivity index (χ3n) is 4.16. The molecule has 0 spiro atoms. The van der Waals surface area contributed by atoms with E-state index < -0.39 is 0 Å². The number of aromatic nitrogens is 5. The average molecular weight is 354 g/mol. The number of methoxy groups -OCH3 is 1. The number of hydrogen-bond acceptors (Lipinski definition) is 5.